The van der Waals surface area contributed by atoms with E-state index in [1.807, 2.05) is 0 Å². The Balaban J connectivity index is 1.20. The van der Waals surface area contributed by atoms with Gasteiger partial charge in [0.05, 0.1) is 11.2 Å². The van der Waals surface area contributed by atoms with Gasteiger partial charge >= 0.3 is 0 Å². The fourth-order valence-corrected chi connectivity index (χ4v) is 14.6. The van der Waals surface area contributed by atoms with Gasteiger partial charge < -0.3 is 14.7 Å². The Bertz CT molecular complexity index is 3410. The standard InChI is InChI=1S/C71H82BN3/c1-65(2,3)47-28-31-50(32-29-47)73-60-43-51(75-59-27-21-20-26-53(59)70(14)36-22-17-23-37-71(70,75)15)33-34-56(60)72-57-44-54-55(69(12,13)39-38-68(54,10)11)45-61(57)74(63-42-49(67(7,8)9)41-62(73)64(63)72)58-35-30-48(66(4,5)6)40-52(58)46-24-18-16-19-25-46/h16,18-21,24-35,40-45H,17,22-23,36-39H2,1-15H3. The second-order valence-corrected chi connectivity index (χ2v) is 28.4. The normalized spacial score (nSPS) is 21.4. The number of nitrogens with zero attached hydrogens (tertiary/aromatic N) is 3. The highest BCUT2D eigenvalue weighted by Crippen LogP contribution is 2.61. The lowest BCUT2D eigenvalue weighted by Gasteiger charge is -2.49. The van der Waals surface area contributed by atoms with Crippen LogP contribution in [0.25, 0.3) is 11.1 Å². The van der Waals surface area contributed by atoms with E-state index in [-0.39, 0.29) is 44.7 Å². The van der Waals surface area contributed by atoms with Crippen LogP contribution < -0.4 is 31.1 Å². The molecule has 0 aromatic heterocycles. The van der Waals surface area contributed by atoms with Crippen molar-refractivity contribution in [2.45, 2.75) is 187 Å². The van der Waals surface area contributed by atoms with Crippen molar-refractivity contribution < 1.29 is 0 Å². The molecular formula is C71H82BN3. The molecule has 3 heterocycles. The van der Waals surface area contributed by atoms with Crippen molar-refractivity contribution in [1.29, 1.82) is 0 Å². The quantitative estimate of drug-likeness (QED) is 0.163. The lowest BCUT2D eigenvalue weighted by Crippen LogP contribution is -2.62. The van der Waals surface area contributed by atoms with Gasteiger partial charge in [-0.1, -0.05) is 195 Å². The third-order valence-corrected chi connectivity index (χ3v) is 19.6. The van der Waals surface area contributed by atoms with Crippen LogP contribution >= 0.6 is 0 Å². The van der Waals surface area contributed by atoms with Crippen molar-refractivity contribution in [1.82, 2.24) is 0 Å². The second-order valence-electron chi connectivity index (χ2n) is 28.4. The van der Waals surface area contributed by atoms with E-state index >= 15 is 0 Å². The zero-order valence-corrected chi connectivity index (χ0v) is 48.1. The molecule has 3 nitrogen and oxygen atoms in total. The average molecular weight is 988 g/mol. The smallest absolute Gasteiger partial charge is 0.252 e. The Morgan fingerprint density at radius 3 is 1.64 bits per heavy atom. The van der Waals surface area contributed by atoms with Crippen LogP contribution in [0.5, 0.6) is 0 Å². The van der Waals surface area contributed by atoms with Crippen LogP contribution in [-0.2, 0) is 32.5 Å². The molecule has 0 bridgehead atoms. The molecule has 1 saturated carbocycles. The Labute approximate surface area is 451 Å². The van der Waals surface area contributed by atoms with E-state index in [2.05, 4.69) is 258 Å². The van der Waals surface area contributed by atoms with Crippen LogP contribution in [0, 0.1) is 0 Å². The van der Waals surface area contributed by atoms with Gasteiger partial charge in [0.15, 0.2) is 0 Å². The molecule has 2 unspecified atom stereocenters. The Hall–Kier alpha value is -6.00. The van der Waals surface area contributed by atoms with Gasteiger partial charge in [0.2, 0.25) is 0 Å². The zero-order valence-electron chi connectivity index (χ0n) is 48.1. The highest BCUT2D eigenvalue weighted by atomic mass is 15.3. The lowest BCUT2D eigenvalue weighted by atomic mass is 9.33. The van der Waals surface area contributed by atoms with Crippen LogP contribution in [-0.4, -0.2) is 12.3 Å². The van der Waals surface area contributed by atoms with E-state index < -0.39 is 0 Å². The van der Waals surface area contributed by atoms with Gasteiger partial charge in [-0.05, 0) is 176 Å². The summed E-state index contributed by atoms with van der Waals surface area (Å²) in [5.74, 6) is 0. The van der Waals surface area contributed by atoms with Crippen molar-refractivity contribution in [3.63, 3.8) is 0 Å². The summed E-state index contributed by atoms with van der Waals surface area (Å²) < 4.78 is 0. The van der Waals surface area contributed by atoms with E-state index in [9.17, 15) is 0 Å². The molecule has 3 aliphatic heterocycles. The minimum Gasteiger partial charge on any atom is -0.334 e. The molecule has 0 N–H and O–H groups in total. The largest absolute Gasteiger partial charge is 0.334 e. The lowest BCUT2D eigenvalue weighted by molar-refractivity contribution is 0.261. The van der Waals surface area contributed by atoms with Gasteiger partial charge in [-0.3, -0.25) is 0 Å². The highest BCUT2D eigenvalue weighted by molar-refractivity contribution is 7.00. The first kappa shape index (κ1) is 49.9. The molecule has 5 aliphatic rings. The van der Waals surface area contributed by atoms with Crippen LogP contribution in [0.1, 0.15) is 182 Å². The van der Waals surface area contributed by atoms with Gasteiger partial charge in [-0.25, -0.2) is 0 Å². The number of hydrogen-bond donors (Lipinski definition) is 0. The maximum atomic E-state index is 2.80. The van der Waals surface area contributed by atoms with Crippen LogP contribution in [0.2, 0.25) is 0 Å². The van der Waals surface area contributed by atoms with E-state index in [4.69, 9.17) is 0 Å². The molecule has 7 aromatic rings. The maximum absolute atomic E-state index is 2.80. The minimum absolute atomic E-state index is 0.00539. The number of hydrogen-bond acceptors (Lipinski definition) is 3. The predicted octanol–water partition coefficient (Wildman–Crippen LogP) is 17.8. The minimum atomic E-state index is -0.144. The first-order valence-corrected chi connectivity index (χ1v) is 28.6. The Morgan fingerprint density at radius 2 is 0.973 bits per heavy atom. The van der Waals surface area contributed by atoms with Crippen molar-refractivity contribution >= 4 is 68.6 Å². The molecule has 4 heteroatoms. The molecule has 0 radical (unpaired) electrons. The number of anilines is 8. The third kappa shape index (κ3) is 7.63. The topological polar surface area (TPSA) is 9.72 Å². The molecule has 75 heavy (non-hydrogen) atoms. The SMILES string of the molecule is CC(C)(C)c1ccc(N2c3cc(N4c5ccccc5C5(C)CCCCCC45C)ccc3B3c4cc5c(cc4N(c4ccc(C(C)(C)C)cc4-c4ccccc4)c4cc(C(C)(C)C)cc2c43)C(C)(C)CCC5(C)C)cc1. The summed E-state index contributed by atoms with van der Waals surface area (Å²) in [6.07, 6.45) is 8.51. The highest BCUT2D eigenvalue weighted by Gasteiger charge is 2.57. The van der Waals surface area contributed by atoms with Crippen molar-refractivity contribution in [3.8, 4) is 11.1 Å². The molecule has 384 valence electrons. The fraction of sp³-hybridized carbons (Fsp3) is 0.408. The maximum Gasteiger partial charge on any atom is 0.252 e. The average Bonchev–Trinajstić information content (AvgIpc) is 3.43. The first-order valence-electron chi connectivity index (χ1n) is 28.6. The predicted molar refractivity (Wildman–Crippen MR) is 325 cm³/mol. The number of benzene rings is 7. The number of rotatable bonds is 4. The summed E-state index contributed by atoms with van der Waals surface area (Å²) in [5.41, 5.74) is 25.3. The molecule has 2 atom stereocenters. The van der Waals surface area contributed by atoms with E-state index in [0.717, 1.165) is 12.8 Å². The Morgan fingerprint density at radius 1 is 0.400 bits per heavy atom. The van der Waals surface area contributed by atoms with Crippen molar-refractivity contribution in [2.24, 2.45) is 0 Å². The monoisotopic (exact) mass is 988 g/mol. The van der Waals surface area contributed by atoms with Gasteiger partial charge in [0, 0.05) is 50.8 Å². The molecule has 2 aliphatic carbocycles. The van der Waals surface area contributed by atoms with Crippen molar-refractivity contribution in [3.05, 3.63) is 173 Å². The third-order valence-electron chi connectivity index (χ3n) is 19.6. The number of para-hydroxylation sites is 1. The zero-order chi connectivity index (χ0) is 53.0. The van der Waals surface area contributed by atoms with Gasteiger partial charge in [0.1, 0.15) is 0 Å². The summed E-state index contributed by atoms with van der Waals surface area (Å²) in [6.45, 7) is 36.4. The second kappa shape index (κ2) is 16.8. The van der Waals surface area contributed by atoms with Crippen molar-refractivity contribution in [2.75, 3.05) is 14.7 Å². The molecule has 0 amide bonds. The van der Waals surface area contributed by atoms with E-state index in [0.29, 0.717) is 0 Å². The summed E-state index contributed by atoms with van der Waals surface area (Å²) in [4.78, 5) is 8.20. The molecule has 1 fully saturated rings. The summed E-state index contributed by atoms with van der Waals surface area (Å²) in [5, 5.41) is 0. The van der Waals surface area contributed by atoms with E-state index in [1.165, 1.54) is 138 Å². The molecular weight excluding hydrogens is 906 g/mol. The molecule has 7 aromatic carbocycles. The summed E-state index contributed by atoms with van der Waals surface area (Å²) >= 11 is 0. The van der Waals surface area contributed by atoms with Crippen LogP contribution in [0.15, 0.2) is 140 Å². The van der Waals surface area contributed by atoms with Crippen LogP contribution in [0.3, 0.4) is 0 Å². The molecule has 0 saturated heterocycles. The fourth-order valence-electron chi connectivity index (χ4n) is 14.6. The summed E-state index contributed by atoms with van der Waals surface area (Å²) in [7, 11) is 0. The molecule has 12 rings (SSSR count). The number of fused-ring (bicyclic) bond motifs is 8. The first-order chi connectivity index (χ1) is 35.3. The van der Waals surface area contributed by atoms with Gasteiger partial charge in [0.25, 0.3) is 6.71 Å². The Kier molecular flexibility index (Phi) is 11.1. The van der Waals surface area contributed by atoms with Crippen LogP contribution in [0.4, 0.5) is 45.5 Å². The van der Waals surface area contributed by atoms with Gasteiger partial charge in [-0.15, -0.1) is 0 Å². The van der Waals surface area contributed by atoms with Gasteiger partial charge in [-0.2, -0.15) is 0 Å². The summed E-state index contributed by atoms with van der Waals surface area (Å²) in [6, 6.07) is 55.8. The molecule has 0 spiro atoms. The van der Waals surface area contributed by atoms with E-state index in [1.54, 1.807) is 0 Å².